The zero-order valence-corrected chi connectivity index (χ0v) is 27.0. The molecule has 2 aliphatic heterocycles. The molecule has 3 heterocycles. The van der Waals surface area contributed by atoms with Gasteiger partial charge in [-0.1, -0.05) is 97.8 Å². The molecule has 0 radical (unpaired) electrons. The summed E-state index contributed by atoms with van der Waals surface area (Å²) < 4.78 is 6.63. The maximum Gasteiger partial charge on any atom is 0.310 e. The lowest BCUT2D eigenvalue weighted by Crippen LogP contribution is -2.45. The Morgan fingerprint density at radius 2 is 1.67 bits per heavy atom. The monoisotopic (exact) mass is 643 g/mol. The Bertz CT molecular complexity index is 1830. The van der Waals surface area contributed by atoms with E-state index in [2.05, 4.69) is 6.08 Å². The average molecular weight is 644 g/mol. The van der Waals surface area contributed by atoms with Crippen molar-refractivity contribution in [1.82, 2.24) is 14.9 Å². The van der Waals surface area contributed by atoms with Gasteiger partial charge in [0.1, 0.15) is 6.10 Å². The Balaban J connectivity index is 1.22. The highest BCUT2D eigenvalue weighted by Crippen LogP contribution is 2.57. The van der Waals surface area contributed by atoms with Gasteiger partial charge >= 0.3 is 5.97 Å². The molecule has 3 aromatic carbocycles. The minimum absolute atomic E-state index is 0.0643. The van der Waals surface area contributed by atoms with Gasteiger partial charge in [0, 0.05) is 24.3 Å². The minimum atomic E-state index is -1.11. The topological polar surface area (TPSA) is 110 Å². The van der Waals surface area contributed by atoms with Crippen molar-refractivity contribution in [2.45, 2.75) is 69.9 Å². The summed E-state index contributed by atoms with van der Waals surface area (Å²) in [4.78, 5) is 52.6. The number of Topliss-reactive ketones (excluding diaryl/α,β-unsaturated/α-hetero) is 1. The number of fused-ring (bicyclic) bond motifs is 3. The fourth-order valence-electron chi connectivity index (χ4n) is 7.52. The number of ketones is 1. The predicted molar refractivity (Wildman–Crippen MR) is 183 cm³/mol. The van der Waals surface area contributed by atoms with Crippen molar-refractivity contribution in [1.29, 1.82) is 0 Å². The van der Waals surface area contributed by atoms with E-state index in [9.17, 15) is 19.5 Å². The molecular weight excluding hydrogens is 602 g/mol. The third-order valence-electron chi connectivity index (χ3n) is 10.3. The highest BCUT2D eigenvalue weighted by atomic mass is 16.5. The summed E-state index contributed by atoms with van der Waals surface area (Å²) in [6.45, 7) is 0.225. The molecule has 1 amide bonds. The van der Waals surface area contributed by atoms with Crippen LogP contribution in [0.4, 0.5) is 0 Å². The van der Waals surface area contributed by atoms with Gasteiger partial charge in [-0.3, -0.25) is 14.4 Å². The summed E-state index contributed by atoms with van der Waals surface area (Å²) in [6.07, 6.45) is 9.23. The lowest BCUT2D eigenvalue weighted by Gasteiger charge is -2.29. The number of carbonyl (C=O) groups excluding carboxylic acids is 2. The molecule has 1 saturated carbocycles. The van der Waals surface area contributed by atoms with E-state index in [1.807, 2.05) is 91.0 Å². The SMILES string of the molecule is O=C1C[C@]2(C(=O)O)C[C@H]2/C=C\CCCCC[C@H](Cc2ccccc2)C(=O)N2C[C@H](Oc3nc(-c4ccccc4)nc4ccccc34)C[C@@H]12. The van der Waals surface area contributed by atoms with Crippen LogP contribution in [0.25, 0.3) is 22.3 Å². The summed E-state index contributed by atoms with van der Waals surface area (Å²) in [5.41, 5.74) is 1.56. The van der Waals surface area contributed by atoms with Crippen LogP contribution in [-0.4, -0.2) is 56.3 Å². The number of rotatable bonds is 6. The number of aliphatic carboxylic acids is 1. The highest BCUT2D eigenvalue weighted by Gasteiger charge is 2.61. The fourth-order valence-corrected chi connectivity index (χ4v) is 7.52. The van der Waals surface area contributed by atoms with E-state index in [1.165, 1.54) is 0 Å². The molecule has 7 rings (SSSR count). The predicted octanol–water partition coefficient (Wildman–Crippen LogP) is 7.07. The van der Waals surface area contributed by atoms with Crippen LogP contribution in [0.5, 0.6) is 5.88 Å². The Morgan fingerprint density at radius 1 is 0.917 bits per heavy atom. The first-order valence-corrected chi connectivity index (χ1v) is 17.2. The molecule has 8 heteroatoms. The zero-order chi connectivity index (χ0) is 33.1. The van der Waals surface area contributed by atoms with Crippen LogP contribution in [0.1, 0.15) is 56.9 Å². The van der Waals surface area contributed by atoms with Crippen molar-refractivity contribution in [3.8, 4) is 17.3 Å². The van der Waals surface area contributed by atoms with Gasteiger partial charge in [0.2, 0.25) is 11.8 Å². The standard InChI is InChI=1S/C40H41N3O5/c44-35-25-40(39(46)47)24-30(40)19-11-3-1-2-8-18-29(22-27-14-6-4-7-15-27)38(45)43-26-31(23-34(35)43)48-37-32-20-12-13-21-33(32)41-36(42-37)28-16-9-5-10-17-28/h4-7,9-17,19-21,29-31,34H,1-3,8,18,22-26H2,(H,46,47)/b19-11-/t29-,30-,31-,34+,40-/m1/s1. The summed E-state index contributed by atoms with van der Waals surface area (Å²) in [5.74, 6) is -0.749. The molecule has 1 aromatic heterocycles. The van der Waals surface area contributed by atoms with Gasteiger partial charge in [-0.05, 0) is 55.7 Å². The molecule has 1 saturated heterocycles. The second-order valence-electron chi connectivity index (χ2n) is 13.6. The molecule has 48 heavy (non-hydrogen) atoms. The van der Waals surface area contributed by atoms with Crippen LogP contribution >= 0.6 is 0 Å². The number of nitrogens with zero attached hydrogens (tertiary/aromatic N) is 3. The third kappa shape index (κ3) is 6.61. The van der Waals surface area contributed by atoms with Gasteiger partial charge in [-0.15, -0.1) is 0 Å². The Hall–Kier alpha value is -4.85. The van der Waals surface area contributed by atoms with Gasteiger partial charge < -0.3 is 14.7 Å². The van der Waals surface area contributed by atoms with Gasteiger partial charge in [0.15, 0.2) is 11.6 Å². The van der Waals surface area contributed by atoms with Crippen LogP contribution in [-0.2, 0) is 20.8 Å². The lowest BCUT2D eigenvalue weighted by atomic mass is 9.90. The Morgan fingerprint density at radius 3 is 2.46 bits per heavy atom. The first kappa shape index (κ1) is 31.7. The number of ether oxygens (including phenoxy) is 1. The second-order valence-corrected chi connectivity index (χ2v) is 13.6. The molecule has 0 bridgehead atoms. The first-order chi connectivity index (χ1) is 23.4. The van der Waals surface area contributed by atoms with E-state index in [-0.39, 0.29) is 42.9 Å². The molecule has 0 spiro atoms. The Kier molecular flexibility index (Phi) is 9.06. The minimum Gasteiger partial charge on any atom is -0.481 e. The van der Waals surface area contributed by atoms with Crippen LogP contribution in [0.3, 0.4) is 0 Å². The molecule has 4 aromatic rings. The van der Waals surface area contributed by atoms with E-state index in [4.69, 9.17) is 14.7 Å². The summed E-state index contributed by atoms with van der Waals surface area (Å²) in [7, 11) is 0. The van der Waals surface area contributed by atoms with Crippen molar-refractivity contribution >= 4 is 28.6 Å². The molecule has 2 fully saturated rings. The van der Waals surface area contributed by atoms with Crippen molar-refractivity contribution in [2.75, 3.05) is 6.54 Å². The van der Waals surface area contributed by atoms with Crippen molar-refractivity contribution < 1.29 is 24.2 Å². The molecule has 1 N–H and O–H groups in total. The van der Waals surface area contributed by atoms with E-state index < -0.39 is 23.5 Å². The molecule has 8 nitrogen and oxygen atoms in total. The summed E-state index contributed by atoms with van der Waals surface area (Å²) in [5, 5.41) is 11.0. The summed E-state index contributed by atoms with van der Waals surface area (Å²) in [6, 6.07) is 26.6. The number of carboxylic acids is 1. The smallest absolute Gasteiger partial charge is 0.310 e. The number of hydrogen-bond donors (Lipinski definition) is 1. The third-order valence-corrected chi connectivity index (χ3v) is 10.3. The number of benzene rings is 3. The number of amides is 1. The normalized spacial score (nSPS) is 27.0. The first-order valence-electron chi connectivity index (χ1n) is 17.2. The van der Waals surface area contributed by atoms with E-state index in [0.717, 1.165) is 54.1 Å². The fraction of sp³-hybridized carbons (Fsp3) is 0.375. The average Bonchev–Trinajstić information content (AvgIpc) is 3.64. The van der Waals surface area contributed by atoms with Crippen LogP contribution in [0.2, 0.25) is 0 Å². The number of aromatic nitrogens is 2. The molecule has 246 valence electrons. The Labute approximate surface area is 280 Å². The number of carbonyl (C=O) groups is 3. The lowest BCUT2D eigenvalue weighted by molar-refractivity contribution is -0.147. The van der Waals surface area contributed by atoms with Gasteiger partial charge in [0.05, 0.1) is 28.9 Å². The zero-order valence-electron chi connectivity index (χ0n) is 27.0. The molecular formula is C40H41N3O5. The highest BCUT2D eigenvalue weighted by molar-refractivity contribution is 5.95. The van der Waals surface area contributed by atoms with Crippen LogP contribution in [0.15, 0.2) is 97.1 Å². The summed E-state index contributed by atoms with van der Waals surface area (Å²) >= 11 is 0. The maximum atomic E-state index is 14.5. The number of hydrogen-bond acceptors (Lipinski definition) is 6. The van der Waals surface area contributed by atoms with Gasteiger partial charge in [-0.2, -0.15) is 4.98 Å². The number of allylic oxidation sites excluding steroid dienone is 2. The van der Waals surface area contributed by atoms with Crippen molar-refractivity contribution in [3.05, 3.63) is 103 Å². The maximum absolute atomic E-state index is 14.5. The molecule has 5 atom stereocenters. The van der Waals surface area contributed by atoms with Crippen LogP contribution in [0, 0.1) is 17.3 Å². The molecule has 3 aliphatic rings. The number of para-hydroxylation sites is 1. The van der Waals surface area contributed by atoms with Crippen molar-refractivity contribution in [3.63, 3.8) is 0 Å². The van der Waals surface area contributed by atoms with E-state index in [0.29, 0.717) is 24.5 Å². The number of carboxylic acid groups (broad SMARTS) is 1. The van der Waals surface area contributed by atoms with Crippen LogP contribution < -0.4 is 4.74 Å². The van der Waals surface area contributed by atoms with Gasteiger partial charge in [0.25, 0.3) is 0 Å². The largest absolute Gasteiger partial charge is 0.481 e. The van der Waals surface area contributed by atoms with E-state index in [1.54, 1.807) is 4.90 Å². The second kappa shape index (κ2) is 13.7. The quantitative estimate of drug-likeness (QED) is 0.224. The van der Waals surface area contributed by atoms with Gasteiger partial charge in [-0.25, -0.2) is 4.98 Å². The molecule has 1 aliphatic carbocycles. The van der Waals surface area contributed by atoms with Crippen molar-refractivity contribution in [2.24, 2.45) is 17.3 Å². The van der Waals surface area contributed by atoms with E-state index >= 15 is 0 Å². The molecule has 0 unspecified atom stereocenters.